The lowest BCUT2D eigenvalue weighted by molar-refractivity contribution is -0.155. The lowest BCUT2D eigenvalue weighted by atomic mass is 9.66. The minimum Gasteiger partial charge on any atom is -0.465 e. The van der Waals surface area contributed by atoms with Crippen molar-refractivity contribution in [2.24, 2.45) is 23.7 Å². The number of carbonyl (C=O) groups excluding carboxylic acids is 3. The molecule has 3 fully saturated rings. The number of hydrogen-bond donors (Lipinski definition) is 1. The predicted octanol–water partition coefficient (Wildman–Crippen LogP) is 4.44. The van der Waals surface area contributed by atoms with Crippen molar-refractivity contribution in [3.8, 4) is 0 Å². The Labute approximate surface area is 233 Å². The van der Waals surface area contributed by atoms with Crippen LogP contribution in [0.5, 0.6) is 0 Å². The number of hydrogen-bond acceptors (Lipinski definition) is 6. The highest BCUT2D eigenvalue weighted by molar-refractivity contribution is 8.02. The largest absolute Gasteiger partial charge is 0.465 e. The van der Waals surface area contributed by atoms with Gasteiger partial charge in [0.1, 0.15) is 6.04 Å². The molecule has 0 aliphatic carbocycles. The molecule has 3 saturated heterocycles. The zero-order chi connectivity index (χ0) is 28.4. The van der Waals surface area contributed by atoms with E-state index >= 15 is 0 Å². The summed E-state index contributed by atoms with van der Waals surface area (Å²) in [6.07, 6.45) is 7.41. The highest BCUT2D eigenvalue weighted by Gasteiger charge is 2.77. The number of ether oxygens (including phenoxy) is 1. The van der Waals surface area contributed by atoms with E-state index in [-0.39, 0.29) is 41.5 Å². The van der Waals surface area contributed by atoms with Crippen LogP contribution in [0.2, 0.25) is 0 Å². The van der Waals surface area contributed by atoms with Gasteiger partial charge in [0.05, 0.1) is 35.8 Å². The van der Waals surface area contributed by atoms with E-state index in [1.165, 1.54) is 0 Å². The number of aliphatic hydroxyl groups excluding tert-OH is 1. The van der Waals surface area contributed by atoms with Gasteiger partial charge in [-0.1, -0.05) is 32.9 Å². The molecule has 1 spiro atoms. The minimum absolute atomic E-state index is 0.0581. The fraction of sp³-hybridized carbons (Fsp3) is 0.767. The number of fused-ring (bicyclic) bond motifs is 1. The summed E-state index contributed by atoms with van der Waals surface area (Å²) >= 11 is 1.65. The first kappa shape index (κ1) is 30.7. The first-order chi connectivity index (χ1) is 17.9. The van der Waals surface area contributed by atoms with Gasteiger partial charge in [-0.05, 0) is 64.7 Å². The molecule has 0 saturated carbocycles. The Morgan fingerprint density at radius 3 is 2.50 bits per heavy atom. The maximum absolute atomic E-state index is 14.5. The van der Waals surface area contributed by atoms with Crippen LogP contribution < -0.4 is 0 Å². The molecule has 3 aliphatic rings. The van der Waals surface area contributed by atoms with E-state index in [0.29, 0.717) is 19.6 Å². The second-order valence-corrected chi connectivity index (χ2v) is 14.2. The Morgan fingerprint density at radius 1 is 1.26 bits per heavy atom. The smallest absolute Gasteiger partial charge is 0.310 e. The number of allylic oxidation sites excluding steroid dienone is 1. The van der Waals surface area contributed by atoms with Crippen LogP contribution in [0.25, 0.3) is 0 Å². The third-order valence-electron chi connectivity index (χ3n) is 8.47. The Morgan fingerprint density at radius 2 is 1.95 bits per heavy atom. The van der Waals surface area contributed by atoms with Gasteiger partial charge in [-0.3, -0.25) is 14.4 Å². The van der Waals surface area contributed by atoms with Crippen molar-refractivity contribution in [2.45, 2.75) is 101 Å². The van der Waals surface area contributed by atoms with Crippen LogP contribution in [-0.4, -0.2) is 80.1 Å². The van der Waals surface area contributed by atoms with Gasteiger partial charge in [-0.15, -0.1) is 24.9 Å². The van der Waals surface area contributed by atoms with Crippen molar-refractivity contribution in [1.82, 2.24) is 9.80 Å². The summed E-state index contributed by atoms with van der Waals surface area (Å²) in [6.45, 7) is 20.2. The number of amides is 2. The fourth-order valence-electron chi connectivity index (χ4n) is 6.85. The average molecular weight is 549 g/mol. The monoisotopic (exact) mass is 548 g/mol. The van der Waals surface area contributed by atoms with E-state index in [4.69, 9.17) is 4.74 Å². The molecule has 214 valence electrons. The van der Waals surface area contributed by atoms with Crippen LogP contribution in [0.1, 0.15) is 73.6 Å². The number of nitrogens with zero attached hydrogens (tertiary/aromatic N) is 2. The molecule has 0 aromatic carbocycles. The molecule has 7 atom stereocenters. The van der Waals surface area contributed by atoms with Crippen molar-refractivity contribution in [1.29, 1.82) is 0 Å². The maximum Gasteiger partial charge on any atom is 0.310 e. The number of carbonyl (C=O) groups is 3. The molecule has 3 heterocycles. The second kappa shape index (κ2) is 12.2. The van der Waals surface area contributed by atoms with Crippen molar-refractivity contribution in [2.75, 3.05) is 19.8 Å². The van der Waals surface area contributed by atoms with Crippen LogP contribution >= 0.6 is 11.8 Å². The van der Waals surface area contributed by atoms with Gasteiger partial charge < -0.3 is 19.6 Å². The molecule has 0 aromatic heterocycles. The Balaban J connectivity index is 2.05. The van der Waals surface area contributed by atoms with E-state index in [0.717, 1.165) is 25.7 Å². The predicted molar refractivity (Wildman–Crippen MR) is 153 cm³/mol. The number of thioether (sulfide) groups is 1. The number of rotatable bonds is 13. The third kappa shape index (κ3) is 5.45. The molecule has 3 aliphatic heterocycles. The summed E-state index contributed by atoms with van der Waals surface area (Å²) in [5.41, 5.74) is -0.490. The fourth-order valence-corrected chi connectivity index (χ4v) is 9.24. The maximum atomic E-state index is 14.5. The zero-order valence-corrected chi connectivity index (χ0v) is 25.0. The number of esters is 1. The van der Waals surface area contributed by atoms with E-state index in [2.05, 4.69) is 20.1 Å². The molecule has 8 heteroatoms. The molecular formula is C30H48N2O5S. The SMILES string of the molecule is C=CCCCCOC(=O)[C@@H]1[C@@H]2CC(C)C3(S2)C(C(=O)N(CC=C)C(C)(C)C)N([C@@H](CO)CC(C)C)C(=O)[C@H]13. The van der Waals surface area contributed by atoms with Gasteiger partial charge in [0.25, 0.3) is 0 Å². The first-order valence-corrected chi connectivity index (χ1v) is 15.0. The summed E-state index contributed by atoms with van der Waals surface area (Å²) < 4.78 is 4.99. The highest BCUT2D eigenvalue weighted by Crippen LogP contribution is 2.69. The van der Waals surface area contributed by atoms with Crippen molar-refractivity contribution < 1.29 is 24.2 Å². The van der Waals surface area contributed by atoms with Gasteiger partial charge in [0, 0.05) is 17.3 Å². The number of aliphatic hydroxyl groups is 1. The Kier molecular flexibility index (Phi) is 9.83. The number of unbranched alkanes of at least 4 members (excludes halogenated alkanes) is 2. The summed E-state index contributed by atoms with van der Waals surface area (Å²) in [5.74, 6) is -1.58. The molecule has 7 nitrogen and oxygen atoms in total. The standard InChI is InChI=1S/C30H48N2O5S/c1-9-11-12-13-15-37-28(36)23-22-17-20(5)30(38-22)24(23)26(34)32(21(18-33)16-19(3)4)25(30)27(35)31(14-10-2)29(6,7)8/h9-10,19-25,33H,1-2,11-18H2,3-8H3/t20?,21-,22+,23-,24+,25?,30?/m1/s1. The normalized spacial score (nSPS) is 30.9. The minimum atomic E-state index is -0.759. The third-order valence-corrected chi connectivity index (χ3v) is 10.5. The van der Waals surface area contributed by atoms with Gasteiger partial charge >= 0.3 is 5.97 Å². The zero-order valence-electron chi connectivity index (χ0n) is 24.2. The molecule has 1 N–H and O–H groups in total. The molecule has 38 heavy (non-hydrogen) atoms. The highest BCUT2D eigenvalue weighted by atomic mass is 32.2. The van der Waals surface area contributed by atoms with Gasteiger partial charge in [-0.25, -0.2) is 0 Å². The summed E-state index contributed by atoms with van der Waals surface area (Å²) in [5, 5.41) is 10.4. The molecule has 2 bridgehead atoms. The average Bonchev–Trinajstić information content (AvgIpc) is 3.43. The van der Waals surface area contributed by atoms with Gasteiger partial charge in [0.2, 0.25) is 11.8 Å². The second-order valence-electron chi connectivity index (χ2n) is 12.6. The Hall–Kier alpha value is -1.80. The van der Waals surface area contributed by atoms with Crippen molar-refractivity contribution in [3.63, 3.8) is 0 Å². The van der Waals surface area contributed by atoms with E-state index in [9.17, 15) is 19.5 Å². The van der Waals surface area contributed by atoms with Crippen LogP contribution in [0.15, 0.2) is 25.3 Å². The topological polar surface area (TPSA) is 87.2 Å². The van der Waals surface area contributed by atoms with Crippen LogP contribution in [-0.2, 0) is 19.1 Å². The summed E-state index contributed by atoms with van der Waals surface area (Å²) in [4.78, 5) is 45.8. The van der Waals surface area contributed by atoms with Crippen LogP contribution in [0, 0.1) is 23.7 Å². The lowest BCUT2D eigenvalue weighted by Crippen LogP contribution is -2.62. The molecule has 0 aromatic rings. The van der Waals surface area contributed by atoms with Gasteiger partial charge in [-0.2, -0.15) is 0 Å². The molecular weight excluding hydrogens is 500 g/mol. The van der Waals surface area contributed by atoms with Crippen molar-refractivity contribution >= 4 is 29.5 Å². The first-order valence-electron chi connectivity index (χ1n) is 14.2. The molecule has 3 unspecified atom stereocenters. The van der Waals surface area contributed by atoms with Crippen LogP contribution in [0.3, 0.4) is 0 Å². The quantitative estimate of drug-likeness (QED) is 0.208. The summed E-state index contributed by atoms with van der Waals surface area (Å²) in [7, 11) is 0. The molecule has 2 amide bonds. The van der Waals surface area contributed by atoms with Crippen molar-refractivity contribution in [3.05, 3.63) is 25.3 Å². The van der Waals surface area contributed by atoms with Crippen LogP contribution in [0.4, 0.5) is 0 Å². The molecule has 0 radical (unpaired) electrons. The Bertz CT molecular complexity index is 915. The number of likely N-dealkylation sites (tertiary alicyclic amines) is 1. The van der Waals surface area contributed by atoms with E-state index < -0.39 is 34.2 Å². The van der Waals surface area contributed by atoms with E-state index in [1.54, 1.807) is 27.6 Å². The molecule has 3 rings (SSSR count). The van der Waals surface area contributed by atoms with Gasteiger partial charge in [0.15, 0.2) is 0 Å². The lowest BCUT2D eigenvalue weighted by Gasteiger charge is -2.45. The van der Waals surface area contributed by atoms with E-state index in [1.807, 2.05) is 40.7 Å². The summed E-state index contributed by atoms with van der Waals surface area (Å²) in [6, 6.07) is -1.25.